The van der Waals surface area contributed by atoms with E-state index in [1.54, 1.807) is 6.07 Å². The SMILES string of the molecule is Cl.N[C@@H](c1ccc2c(c1)OC(F)(F)O2)[C@H](O)Cc1ccccc1. The van der Waals surface area contributed by atoms with E-state index >= 15 is 0 Å². The van der Waals surface area contributed by atoms with Gasteiger partial charge in [-0.1, -0.05) is 36.4 Å². The predicted octanol–water partition coefficient (Wildman–Crippen LogP) is 3.03. The Kier molecular flexibility index (Phi) is 5.09. The number of ether oxygens (including phenoxy) is 2. The van der Waals surface area contributed by atoms with Crippen molar-refractivity contribution in [3.8, 4) is 11.5 Å². The minimum absolute atomic E-state index is 0. The largest absolute Gasteiger partial charge is 0.586 e. The molecule has 2 aromatic rings. The molecule has 0 aliphatic carbocycles. The van der Waals surface area contributed by atoms with Crippen LogP contribution in [0.2, 0.25) is 0 Å². The highest BCUT2D eigenvalue weighted by molar-refractivity contribution is 5.85. The number of alkyl halides is 2. The van der Waals surface area contributed by atoms with Crippen LogP contribution in [0.4, 0.5) is 8.78 Å². The lowest BCUT2D eigenvalue weighted by atomic mass is 9.96. The summed E-state index contributed by atoms with van der Waals surface area (Å²) in [5, 5.41) is 10.2. The molecule has 0 saturated carbocycles. The Morgan fingerprint density at radius 2 is 1.70 bits per heavy atom. The molecular weight excluding hydrogens is 328 g/mol. The van der Waals surface area contributed by atoms with Crippen molar-refractivity contribution in [1.29, 1.82) is 0 Å². The Morgan fingerprint density at radius 1 is 1.04 bits per heavy atom. The van der Waals surface area contributed by atoms with Crippen LogP contribution in [0.3, 0.4) is 0 Å². The van der Waals surface area contributed by atoms with E-state index in [0.717, 1.165) is 5.56 Å². The molecule has 0 unspecified atom stereocenters. The van der Waals surface area contributed by atoms with Gasteiger partial charge in [0.15, 0.2) is 11.5 Å². The number of benzene rings is 2. The lowest BCUT2D eigenvalue weighted by Crippen LogP contribution is -2.28. The van der Waals surface area contributed by atoms with Gasteiger partial charge in [-0.15, -0.1) is 21.2 Å². The highest BCUT2D eigenvalue weighted by Gasteiger charge is 2.43. The molecule has 3 rings (SSSR count). The van der Waals surface area contributed by atoms with Crippen LogP contribution in [0.15, 0.2) is 48.5 Å². The lowest BCUT2D eigenvalue weighted by molar-refractivity contribution is -0.286. The van der Waals surface area contributed by atoms with Gasteiger partial charge in [-0.3, -0.25) is 0 Å². The molecule has 2 atom stereocenters. The van der Waals surface area contributed by atoms with Crippen LogP contribution in [0, 0.1) is 0 Å². The number of fused-ring (bicyclic) bond motifs is 1. The van der Waals surface area contributed by atoms with E-state index in [-0.39, 0.29) is 23.9 Å². The first-order valence-corrected chi connectivity index (χ1v) is 6.82. The van der Waals surface area contributed by atoms with Crippen molar-refractivity contribution in [3.05, 3.63) is 59.7 Å². The summed E-state index contributed by atoms with van der Waals surface area (Å²) >= 11 is 0. The van der Waals surface area contributed by atoms with Gasteiger partial charge in [0.25, 0.3) is 0 Å². The molecule has 4 nitrogen and oxygen atoms in total. The first kappa shape index (κ1) is 17.5. The fraction of sp³-hybridized carbons (Fsp3) is 0.250. The van der Waals surface area contributed by atoms with E-state index in [2.05, 4.69) is 9.47 Å². The topological polar surface area (TPSA) is 64.7 Å². The van der Waals surface area contributed by atoms with Gasteiger partial charge in [0.05, 0.1) is 12.1 Å². The van der Waals surface area contributed by atoms with Gasteiger partial charge in [-0.2, -0.15) is 0 Å². The fourth-order valence-corrected chi connectivity index (χ4v) is 2.38. The molecule has 0 amide bonds. The molecule has 0 radical (unpaired) electrons. The number of aliphatic hydroxyl groups is 1. The van der Waals surface area contributed by atoms with Crippen molar-refractivity contribution in [2.75, 3.05) is 0 Å². The van der Waals surface area contributed by atoms with Crippen LogP contribution in [0.5, 0.6) is 11.5 Å². The van der Waals surface area contributed by atoms with Crippen LogP contribution in [-0.4, -0.2) is 17.5 Å². The maximum absolute atomic E-state index is 13.0. The van der Waals surface area contributed by atoms with Crippen molar-refractivity contribution in [1.82, 2.24) is 0 Å². The Bertz CT molecular complexity index is 670. The van der Waals surface area contributed by atoms with Gasteiger partial charge in [0.2, 0.25) is 0 Å². The fourth-order valence-electron chi connectivity index (χ4n) is 2.38. The first-order valence-electron chi connectivity index (χ1n) is 6.82. The minimum Gasteiger partial charge on any atom is -0.395 e. The van der Waals surface area contributed by atoms with E-state index < -0.39 is 18.4 Å². The zero-order valence-corrected chi connectivity index (χ0v) is 12.8. The highest BCUT2D eigenvalue weighted by Crippen LogP contribution is 2.42. The molecular formula is C16H16ClF2NO3. The summed E-state index contributed by atoms with van der Waals surface area (Å²) in [6.07, 6.45) is -4.14. The molecule has 3 N–H and O–H groups in total. The summed E-state index contributed by atoms with van der Waals surface area (Å²) in [6.45, 7) is 0. The van der Waals surface area contributed by atoms with E-state index in [9.17, 15) is 13.9 Å². The quantitative estimate of drug-likeness (QED) is 0.895. The van der Waals surface area contributed by atoms with Gasteiger partial charge >= 0.3 is 6.29 Å². The second kappa shape index (κ2) is 6.70. The Labute approximate surface area is 138 Å². The van der Waals surface area contributed by atoms with Crippen molar-refractivity contribution in [2.24, 2.45) is 5.73 Å². The van der Waals surface area contributed by atoms with Crippen LogP contribution in [-0.2, 0) is 6.42 Å². The number of hydrogen-bond donors (Lipinski definition) is 2. The minimum atomic E-state index is -3.66. The van der Waals surface area contributed by atoms with Crippen molar-refractivity contribution < 1.29 is 23.4 Å². The summed E-state index contributed by atoms with van der Waals surface area (Å²) in [6, 6.07) is 13.0. The molecule has 0 bridgehead atoms. The molecule has 7 heteroatoms. The number of aliphatic hydroxyl groups excluding tert-OH is 1. The van der Waals surface area contributed by atoms with E-state index in [4.69, 9.17) is 5.73 Å². The first-order chi connectivity index (χ1) is 10.4. The molecule has 1 heterocycles. The third-order valence-electron chi connectivity index (χ3n) is 3.51. The van der Waals surface area contributed by atoms with Crippen LogP contribution in [0.1, 0.15) is 17.2 Å². The predicted molar refractivity (Wildman–Crippen MR) is 83.0 cm³/mol. The average molecular weight is 344 g/mol. The molecule has 0 fully saturated rings. The van der Waals surface area contributed by atoms with Crippen LogP contribution in [0.25, 0.3) is 0 Å². The van der Waals surface area contributed by atoms with Crippen molar-refractivity contribution >= 4 is 12.4 Å². The summed E-state index contributed by atoms with van der Waals surface area (Å²) in [4.78, 5) is 0. The molecule has 2 aromatic carbocycles. The summed E-state index contributed by atoms with van der Waals surface area (Å²) in [5.41, 5.74) is 7.46. The molecule has 1 aliphatic rings. The molecule has 1 aliphatic heterocycles. The number of halogens is 3. The Hall–Kier alpha value is -1.89. The monoisotopic (exact) mass is 343 g/mol. The van der Waals surface area contributed by atoms with Gasteiger partial charge in [-0.05, 0) is 23.3 Å². The van der Waals surface area contributed by atoms with Crippen molar-refractivity contribution in [2.45, 2.75) is 24.9 Å². The maximum Gasteiger partial charge on any atom is 0.586 e. The third-order valence-corrected chi connectivity index (χ3v) is 3.51. The van der Waals surface area contributed by atoms with Gasteiger partial charge in [0.1, 0.15) is 0 Å². The van der Waals surface area contributed by atoms with Gasteiger partial charge in [0, 0.05) is 6.42 Å². The standard InChI is InChI=1S/C16H15F2NO3.ClH/c17-16(18)21-13-7-6-11(9-14(13)22-16)15(19)12(20)8-10-4-2-1-3-5-10;/h1-7,9,12,15,20H,8,19H2;1H/t12-,15+;/m1./s1. The molecule has 0 saturated heterocycles. The molecule has 124 valence electrons. The normalized spacial score (nSPS) is 17.2. The highest BCUT2D eigenvalue weighted by atomic mass is 35.5. The zero-order chi connectivity index (χ0) is 15.7. The second-order valence-corrected chi connectivity index (χ2v) is 5.16. The number of hydrogen-bond acceptors (Lipinski definition) is 4. The van der Waals surface area contributed by atoms with E-state index in [1.165, 1.54) is 12.1 Å². The van der Waals surface area contributed by atoms with Gasteiger partial charge in [-0.25, -0.2) is 0 Å². The molecule has 0 aromatic heterocycles. The van der Waals surface area contributed by atoms with Crippen molar-refractivity contribution in [3.63, 3.8) is 0 Å². The maximum atomic E-state index is 13.0. The lowest BCUT2D eigenvalue weighted by Gasteiger charge is -2.19. The molecule has 23 heavy (non-hydrogen) atoms. The Balaban J connectivity index is 0.00000192. The third kappa shape index (κ3) is 3.90. The van der Waals surface area contributed by atoms with E-state index in [0.29, 0.717) is 12.0 Å². The summed E-state index contributed by atoms with van der Waals surface area (Å²) in [5.74, 6) is -0.122. The average Bonchev–Trinajstić information content (AvgIpc) is 2.80. The number of nitrogens with two attached hydrogens (primary N) is 1. The second-order valence-electron chi connectivity index (χ2n) is 5.16. The summed E-state index contributed by atoms with van der Waals surface area (Å²) < 4.78 is 34.7. The van der Waals surface area contributed by atoms with Crippen LogP contribution < -0.4 is 15.2 Å². The molecule has 0 spiro atoms. The van der Waals surface area contributed by atoms with Crippen LogP contribution >= 0.6 is 12.4 Å². The summed E-state index contributed by atoms with van der Waals surface area (Å²) in [7, 11) is 0. The smallest absolute Gasteiger partial charge is 0.395 e. The Morgan fingerprint density at radius 3 is 2.39 bits per heavy atom. The number of rotatable bonds is 4. The van der Waals surface area contributed by atoms with E-state index in [1.807, 2.05) is 30.3 Å². The zero-order valence-electron chi connectivity index (χ0n) is 12.0. The van der Waals surface area contributed by atoms with Gasteiger partial charge < -0.3 is 20.3 Å².